The highest BCUT2D eigenvalue weighted by atomic mass is 16.2. The second-order valence-electron chi connectivity index (χ2n) is 5.32. The number of carbonyl (C=O) groups is 1. The van der Waals surface area contributed by atoms with Crippen molar-refractivity contribution in [1.29, 1.82) is 0 Å². The summed E-state index contributed by atoms with van der Waals surface area (Å²) in [6.07, 6.45) is 0. The Balaban J connectivity index is 2.17. The van der Waals surface area contributed by atoms with E-state index in [9.17, 15) is 4.79 Å². The molecule has 1 amide bonds. The molecule has 0 aliphatic heterocycles. The highest BCUT2D eigenvalue weighted by Crippen LogP contribution is 2.09. The predicted octanol–water partition coefficient (Wildman–Crippen LogP) is 3.79. The summed E-state index contributed by atoms with van der Waals surface area (Å²) in [5.41, 5.74) is 6.28. The van der Waals surface area contributed by atoms with Crippen molar-refractivity contribution in [3.63, 3.8) is 0 Å². The predicted molar refractivity (Wildman–Crippen MR) is 86.5 cm³/mol. The van der Waals surface area contributed by atoms with Crippen LogP contribution in [0.1, 0.15) is 35.3 Å². The first kappa shape index (κ1) is 15.0. The van der Waals surface area contributed by atoms with Crippen LogP contribution in [0.5, 0.6) is 0 Å². The standard InChI is InChI=1S/C18H20N2O/c1-13(2)17(15-7-5-4-6-8-15)19-20-18(21)16-11-9-14(3)10-12-16/h4-13H,1-3H3,(H,20,21)/b19-17+. The average molecular weight is 280 g/mol. The van der Waals surface area contributed by atoms with Gasteiger partial charge in [0, 0.05) is 5.56 Å². The molecule has 3 heteroatoms. The third kappa shape index (κ3) is 4.02. The maximum atomic E-state index is 12.1. The largest absolute Gasteiger partial charge is 0.271 e. The van der Waals surface area contributed by atoms with Gasteiger partial charge in [0.25, 0.3) is 5.91 Å². The van der Waals surface area contributed by atoms with Gasteiger partial charge < -0.3 is 0 Å². The topological polar surface area (TPSA) is 41.5 Å². The molecule has 2 aromatic carbocycles. The van der Waals surface area contributed by atoms with Crippen LogP contribution in [0.25, 0.3) is 0 Å². The fourth-order valence-corrected chi connectivity index (χ4v) is 2.02. The number of hydrogen-bond acceptors (Lipinski definition) is 2. The van der Waals surface area contributed by atoms with Crippen LogP contribution in [-0.2, 0) is 0 Å². The average Bonchev–Trinajstić information content (AvgIpc) is 2.48. The molecule has 1 N–H and O–H groups in total. The van der Waals surface area contributed by atoms with E-state index < -0.39 is 0 Å². The van der Waals surface area contributed by atoms with Gasteiger partial charge in [-0.2, -0.15) is 5.10 Å². The van der Waals surface area contributed by atoms with E-state index in [1.807, 2.05) is 49.4 Å². The number of nitrogens with one attached hydrogen (secondary N) is 1. The van der Waals surface area contributed by atoms with Gasteiger partial charge in [0.1, 0.15) is 0 Å². The summed E-state index contributed by atoms with van der Waals surface area (Å²) >= 11 is 0. The molecule has 21 heavy (non-hydrogen) atoms. The van der Waals surface area contributed by atoms with Gasteiger partial charge in [-0.1, -0.05) is 61.9 Å². The van der Waals surface area contributed by atoms with Crippen LogP contribution in [0.15, 0.2) is 59.7 Å². The van der Waals surface area contributed by atoms with Gasteiger partial charge in [-0.05, 0) is 30.5 Å². The van der Waals surface area contributed by atoms with Crippen molar-refractivity contribution in [2.75, 3.05) is 0 Å². The normalized spacial score (nSPS) is 11.5. The number of nitrogens with zero attached hydrogens (tertiary/aromatic N) is 1. The maximum Gasteiger partial charge on any atom is 0.271 e. The summed E-state index contributed by atoms with van der Waals surface area (Å²) in [7, 11) is 0. The van der Waals surface area contributed by atoms with Crippen LogP contribution in [0.3, 0.4) is 0 Å². The van der Waals surface area contributed by atoms with Crippen molar-refractivity contribution in [1.82, 2.24) is 5.43 Å². The fraction of sp³-hybridized carbons (Fsp3) is 0.222. The molecule has 0 spiro atoms. The maximum absolute atomic E-state index is 12.1. The van der Waals surface area contributed by atoms with E-state index in [0.717, 1.165) is 16.8 Å². The number of hydrogen-bond donors (Lipinski definition) is 1. The van der Waals surface area contributed by atoms with Crippen LogP contribution in [-0.4, -0.2) is 11.6 Å². The molecule has 0 atom stereocenters. The molecule has 2 aromatic rings. The van der Waals surface area contributed by atoms with Gasteiger partial charge >= 0.3 is 0 Å². The lowest BCUT2D eigenvalue weighted by atomic mass is 10.0. The van der Waals surface area contributed by atoms with Crippen molar-refractivity contribution in [2.45, 2.75) is 20.8 Å². The minimum absolute atomic E-state index is 0.191. The van der Waals surface area contributed by atoms with Crippen LogP contribution in [0, 0.1) is 12.8 Å². The molecule has 0 aromatic heterocycles. The molecule has 2 rings (SSSR count). The van der Waals surface area contributed by atoms with Crippen molar-refractivity contribution >= 4 is 11.6 Å². The molecule has 0 saturated carbocycles. The van der Waals surface area contributed by atoms with E-state index in [1.165, 1.54) is 0 Å². The molecule has 0 unspecified atom stereocenters. The van der Waals surface area contributed by atoms with E-state index in [2.05, 4.69) is 24.4 Å². The summed E-state index contributed by atoms with van der Waals surface area (Å²) in [5, 5.41) is 4.31. The van der Waals surface area contributed by atoms with E-state index in [0.29, 0.717) is 5.56 Å². The zero-order valence-corrected chi connectivity index (χ0v) is 12.6. The molecule has 0 saturated heterocycles. The molecule has 0 aliphatic rings. The zero-order chi connectivity index (χ0) is 15.2. The molecule has 0 fully saturated rings. The SMILES string of the molecule is Cc1ccc(C(=O)N/N=C(/c2ccccc2)C(C)C)cc1. The van der Waals surface area contributed by atoms with Gasteiger partial charge in [0.15, 0.2) is 0 Å². The minimum atomic E-state index is -0.191. The monoisotopic (exact) mass is 280 g/mol. The van der Waals surface area contributed by atoms with Gasteiger partial charge in [0.2, 0.25) is 0 Å². The first-order valence-corrected chi connectivity index (χ1v) is 7.08. The van der Waals surface area contributed by atoms with Crippen LogP contribution >= 0.6 is 0 Å². The van der Waals surface area contributed by atoms with E-state index in [-0.39, 0.29) is 11.8 Å². The van der Waals surface area contributed by atoms with E-state index in [1.54, 1.807) is 12.1 Å². The van der Waals surface area contributed by atoms with Crippen molar-refractivity contribution in [3.8, 4) is 0 Å². The Hall–Kier alpha value is -2.42. The molecule has 108 valence electrons. The lowest BCUT2D eigenvalue weighted by molar-refractivity contribution is 0.0954. The number of aryl methyl sites for hydroxylation is 1. The third-order valence-electron chi connectivity index (χ3n) is 3.21. The Morgan fingerprint density at radius 3 is 2.14 bits per heavy atom. The van der Waals surface area contributed by atoms with Crippen molar-refractivity contribution < 1.29 is 4.79 Å². The highest BCUT2D eigenvalue weighted by Gasteiger charge is 2.10. The number of amides is 1. The summed E-state index contributed by atoms with van der Waals surface area (Å²) in [6.45, 7) is 6.11. The Labute approximate surface area is 125 Å². The minimum Gasteiger partial charge on any atom is -0.267 e. The molecule has 0 bridgehead atoms. The number of benzene rings is 2. The second-order valence-corrected chi connectivity index (χ2v) is 5.32. The fourth-order valence-electron chi connectivity index (χ4n) is 2.02. The lowest BCUT2D eigenvalue weighted by Crippen LogP contribution is -2.22. The van der Waals surface area contributed by atoms with Gasteiger partial charge in [0.05, 0.1) is 5.71 Å². The second kappa shape index (κ2) is 6.84. The Bertz CT molecular complexity index is 628. The van der Waals surface area contributed by atoms with E-state index >= 15 is 0 Å². The first-order chi connectivity index (χ1) is 10.1. The van der Waals surface area contributed by atoms with E-state index in [4.69, 9.17) is 0 Å². The van der Waals surface area contributed by atoms with Crippen LogP contribution in [0.2, 0.25) is 0 Å². The highest BCUT2D eigenvalue weighted by molar-refractivity contribution is 6.03. The number of carbonyl (C=O) groups excluding carboxylic acids is 1. The van der Waals surface area contributed by atoms with Gasteiger partial charge in [-0.15, -0.1) is 0 Å². The molecule has 0 aliphatic carbocycles. The Kier molecular flexibility index (Phi) is 4.88. The van der Waals surface area contributed by atoms with Crippen LogP contribution < -0.4 is 5.43 Å². The summed E-state index contributed by atoms with van der Waals surface area (Å²) in [5.74, 6) is 0.0369. The smallest absolute Gasteiger partial charge is 0.267 e. The molecular formula is C18H20N2O. The molecule has 3 nitrogen and oxygen atoms in total. The summed E-state index contributed by atoms with van der Waals surface area (Å²) in [6, 6.07) is 17.3. The van der Waals surface area contributed by atoms with Gasteiger partial charge in [-0.3, -0.25) is 4.79 Å². The van der Waals surface area contributed by atoms with Gasteiger partial charge in [-0.25, -0.2) is 5.43 Å². The summed E-state index contributed by atoms with van der Waals surface area (Å²) < 4.78 is 0. The third-order valence-corrected chi connectivity index (χ3v) is 3.21. The summed E-state index contributed by atoms with van der Waals surface area (Å²) in [4.78, 5) is 12.1. The van der Waals surface area contributed by atoms with Crippen LogP contribution in [0.4, 0.5) is 0 Å². The molecular weight excluding hydrogens is 260 g/mol. The first-order valence-electron chi connectivity index (χ1n) is 7.08. The number of rotatable bonds is 4. The molecule has 0 heterocycles. The Morgan fingerprint density at radius 1 is 0.952 bits per heavy atom. The number of hydrazone groups is 1. The quantitative estimate of drug-likeness (QED) is 0.672. The Morgan fingerprint density at radius 2 is 1.57 bits per heavy atom. The lowest BCUT2D eigenvalue weighted by Gasteiger charge is -2.10. The molecule has 0 radical (unpaired) electrons. The van der Waals surface area contributed by atoms with Crippen molar-refractivity contribution in [3.05, 3.63) is 71.3 Å². The zero-order valence-electron chi connectivity index (χ0n) is 12.6. The van der Waals surface area contributed by atoms with Crippen molar-refractivity contribution in [2.24, 2.45) is 11.0 Å².